The van der Waals surface area contributed by atoms with E-state index in [9.17, 15) is 9.90 Å². The first-order valence-electron chi connectivity index (χ1n) is 13.1. The van der Waals surface area contributed by atoms with Crippen molar-refractivity contribution in [3.8, 4) is 0 Å². The third-order valence-corrected chi connectivity index (χ3v) is 8.81. The molecule has 4 aliphatic heterocycles. The van der Waals surface area contributed by atoms with Crippen LogP contribution in [0.25, 0.3) is 0 Å². The number of carbonyl (C=O) groups excluding carboxylic acids is 1. The molecule has 4 saturated heterocycles. The van der Waals surface area contributed by atoms with Gasteiger partial charge in [-0.1, -0.05) is 11.6 Å². The van der Waals surface area contributed by atoms with Crippen LogP contribution < -0.4 is 0 Å². The van der Waals surface area contributed by atoms with Gasteiger partial charge in [0.15, 0.2) is 0 Å². The minimum Gasteiger partial charge on any atom is -0.443 e. The minimum absolute atomic E-state index is 0.0482. The molecule has 0 aromatic heterocycles. The molecular formula is C26H42N2O6. The molecule has 34 heavy (non-hydrogen) atoms. The fourth-order valence-electron chi connectivity index (χ4n) is 6.56. The number of aliphatic hydroxyl groups excluding tert-OH is 1. The van der Waals surface area contributed by atoms with Crippen molar-refractivity contribution in [3.05, 3.63) is 11.6 Å². The average molecular weight is 479 g/mol. The molecule has 8 heteroatoms. The van der Waals surface area contributed by atoms with Crippen LogP contribution in [0.4, 0.5) is 4.79 Å². The number of allylic oxidation sites excluding steroid dienone is 1. The van der Waals surface area contributed by atoms with Crippen molar-refractivity contribution < 1.29 is 28.8 Å². The van der Waals surface area contributed by atoms with Crippen LogP contribution in [0.15, 0.2) is 11.6 Å². The highest BCUT2D eigenvalue weighted by atomic mass is 16.6. The van der Waals surface area contributed by atoms with Crippen LogP contribution in [0, 0.1) is 11.8 Å². The molecule has 0 bridgehead atoms. The number of hydrogen-bond acceptors (Lipinski definition) is 7. The van der Waals surface area contributed by atoms with Crippen molar-refractivity contribution in [1.82, 2.24) is 9.80 Å². The summed E-state index contributed by atoms with van der Waals surface area (Å²) >= 11 is 0. The van der Waals surface area contributed by atoms with E-state index in [1.165, 1.54) is 5.57 Å². The van der Waals surface area contributed by atoms with Crippen molar-refractivity contribution >= 4 is 6.09 Å². The highest BCUT2D eigenvalue weighted by molar-refractivity contribution is 5.69. The summed E-state index contributed by atoms with van der Waals surface area (Å²) in [6.07, 6.45) is 5.90. The van der Waals surface area contributed by atoms with E-state index in [0.29, 0.717) is 5.92 Å². The van der Waals surface area contributed by atoms with E-state index in [1.54, 1.807) is 7.11 Å². The molecule has 1 amide bonds. The third-order valence-electron chi connectivity index (χ3n) is 8.81. The maximum atomic E-state index is 12.9. The van der Waals surface area contributed by atoms with Crippen LogP contribution in [-0.4, -0.2) is 103 Å². The predicted molar refractivity (Wildman–Crippen MR) is 127 cm³/mol. The molecule has 5 aliphatic rings. The molecule has 192 valence electrons. The van der Waals surface area contributed by atoms with Crippen LogP contribution in [0.2, 0.25) is 0 Å². The molecule has 8 nitrogen and oxygen atoms in total. The molecule has 4 heterocycles. The second kappa shape index (κ2) is 9.36. The molecule has 0 aromatic rings. The summed E-state index contributed by atoms with van der Waals surface area (Å²) in [6, 6.07) is 0. The van der Waals surface area contributed by atoms with E-state index in [1.807, 2.05) is 4.90 Å². The van der Waals surface area contributed by atoms with Gasteiger partial charge in [-0.25, -0.2) is 4.79 Å². The Kier molecular flexibility index (Phi) is 6.74. The molecule has 1 spiro atoms. The topological polar surface area (TPSA) is 87.3 Å². The maximum Gasteiger partial charge on any atom is 0.410 e. The summed E-state index contributed by atoms with van der Waals surface area (Å²) in [5, 5.41) is 9.68. The Hall–Kier alpha value is -1.19. The van der Waals surface area contributed by atoms with Gasteiger partial charge in [0.25, 0.3) is 0 Å². The Labute approximate surface area is 203 Å². The number of ether oxygens (including phenoxy) is 4. The standard InChI is InChI=1S/C26H42N2O6/c1-17(2)5-6-21-25(3,34-21)23-22(31-4)20(7-10-26(23)16-32-26)33-24(30)28-13-18(14-28)8-11-27-12-9-19(29)15-27/h5,18-23,29H,6-16H2,1-4H3/t19-,20+,21+,22+,23?,25-,26-/m0/s1. The second-order valence-electron chi connectivity index (χ2n) is 11.6. The molecule has 5 rings (SSSR count). The van der Waals surface area contributed by atoms with Gasteiger partial charge < -0.3 is 33.9 Å². The highest BCUT2D eigenvalue weighted by Crippen LogP contribution is 2.59. The van der Waals surface area contributed by atoms with Gasteiger partial charge in [0, 0.05) is 33.3 Å². The number of aliphatic hydroxyl groups is 1. The lowest BCUT2D eigenvalue weighted by molar-refractivity contribution is -0.124. The molecule has 0 aromatic carbocycles. The lowest BCUT2D eigenvalue weighted by Crippen LogP contribution is -2.57. The monoisotopic (exact) mass is 478 g/mol. The molecular weight excluding hydrogens is 436 g/mol. The zero-order valence-electron chi connectivity index (χ0n) is 21.2. The van der Waals surface area contributed by atoms with E-state index in [0.717, 1.165) is 71.4 Å². The van der Waals surface area contributed by atoms with E-state index in [-0.39, 0.29) is 47.6 Å². The number of epoxide rings is 2. The Morgan fingerprint density at radius 3 is 2.62 bits per heavy atom. The number of carbonyl (C=O) groups is 1. The quantitative estimate of drug-likeness (QED) is 0.424. The number of methoxy groups -OCH3 is 1. The summed E-state index contributed by atoms with van der Waals surface area (Å²) in [6.45, 7) is 11.4. The van der Waals surface area contributed by atoms with Crippen molar-refractivity contribution in [3.63, 3.8) is 0 Å². The lowest BCUT2D eigenvalue weighted by Gasteiger charge is -2.44. The summed E-state index contributed by atoms with van der Waals surface area (Å²) in [4.78, 5) is 17.1. The Morgan fingerprint density at radius 2 is 2.00 bits per heavy atom. The maximum absolute atomic E-state index is 12.9. The second-order valence-corrected chi connectivity index (χ2v) is 11.6. The van der Waals surface area contributed by atoms with Gasteiger partial charge in [-0.05, 0) is 65.3 Å². The number of rotatable bonds is 8. The molecule has 1 saturated carbocycles. The number of nitrogens with zero attached hydrogens (tertiary/aromatic N) is 2. The SMILES string of the molecule is CO[C@H]1C([C@@]2(C)O[C@@H]2CC=C(C)C)[C@]2(CC[C@H]1OC(=O)N1CC(CCN3CC[C@H](O)C3)C1)CO2. The van der Waals surface area contributed by atoms with Crippen LogP contribution in [0.5, 0.6) is 0 Å². The van der Waals surface area contributed by atoms with Crippen molar-refractivity contribution in [2.45, 2.75) is 88.5 Å². The van der Waals surface area contributed by atoms with Gasteiger partial charge in [0.1, 0.15) is 23.4 Å². The number of amides is 1. The van der Waals surface area contributed by atoms with Crippen LogP contribution in [0.1, 0.15) is 52.9 Å². The average Bonchev–Trinajstić information content (AvgIpc) is 3.63. The highest BCUT2D eigenvalue weighted by Gasteiger charge is 2.72. The molecule has 5 fully saturated rings. The van der Waals surface area contributed by atoms with Crippen molar-refractivity contribution in [1.29, 1.82) is 0 Å². The molecule has 1 aliphatic carbocycles. The van der Waals surface area contributed by atoms with Gasteiger partial charge >= 0.3 is 6.09 Å². The third kappa shape index (κ3) is 4.76. The Balaban J connectivity index is 1.14. The zero-order chi connectivity index (χ0) is 24.1. The van der Waals surface area contributed by atoms with Gasteiger partial charge in [-0.2, -0.15) is 0 Å². The Morgan fingerprint density at radius 1 is 1.24 bits per heavy atom. The fourth-order valence-corrected chi connectivity index (χ4v) is 6.56. The van der Waals surface area contributed by atoms with Gasteiger partial charge in [-0.15, -0.1) is 0 Å². The van der Waals surface area contributed by atoms with Crippen LogP contribution >= 0.6 is 0 Å². The summed E-state index contributed by atoms with van der Waals surface area (Å²) < 4.78 is 24.3. The fraction of sp³-hybridized carbons (Fsp3) is 0.885. The van der Waals surface area contributed by atoms with Crippen molar-refractivity contribution in [2.75, 3.05) is 46.4 Å². The van der Waals surface area contributed by atoms with E-state index < -0.39 is 0 Å². The number of hydrogen-bond donors (Lipinski definition) is 1. The normalized spacial score (nSPS) is 41.9. The molecule has 1 N–H and O–H groups in total. The Bertz CT molecular complexity index is 790. The first-order chi connectivity index (χ1) is 16.2. The summed E-state index contributed by atoms with van der Waals surface area (Å²) in [7, 11) is 1.71. The first kappa shape index (κ1) is 24.5. The minimum atomic E-state index is -0.320. The largest absolute Gasteiger partial charge is 0.443 e. The van der Waals surface area contributed by atoms with Gasteiger partial charge in [0.2, 0.25) is 0 Å². The summed E-state index contributed by atoms with van der Waals surface area (Å²) in [5.74, 6) is 0.562. The smallest absolute Gasteiger partial charge is 0.410 e. The molecule has 0 radical (unpaired) electrons. The predicted octanol–water partition coefficient (Wildman–Crippen LogP) is 2.59. The molecule has 1 unspecified atom stereocenters. The van der Waals surface area contributed by atoms with Gasteiger partial charge in [0.05, 0.1) is 24.7 Å². The first-order valence-corrected chi connectivity index (χ1v) is 13.1. The zero-order valence-corrected chi connectivity index (χ0v) is 21.2. The summed E-state index contributed by atoms with van der Waals surface area (Å²) in [5.41, 5.74) is 0.766. The number of likely N-dealkylation sites (tertiary alicyclic amines) is 2. The van der Waals surface area contributed by atoms with Crippen LogP contribution in [-0.2, 0) is 18.9 Å². The van der Waals surface area contributed by atoms with E-state index in [2.05, 4.69) is 31.7 Å². The lowest BCUT2D eigenvalue weighted by atomic mass is 9.68. The van der Waals surface area contributed by atoms with Crippen LogP contribution in [0.3, 0.4) is 0 Å². The molecule has 7 atom stereocenters. The van der Waals surface area contributed by atoms with E-state index >= 15 is 0 Å². The number of β-amino-alcohol motifs (C(OH)–C–C–N with tert-alkyl or cyclic N) is 1. The van der Waals surface area contributed by atoms with Gasteiger partial charge in [-0.3, -0.25) is 0 Å². The van der Waals surface area contributed by atoms with E-state index in [4.69, 9.17) is 18.9 Å². The van der Waals surface area contributed by atoms with Crippen molar-refractivity contribution in [2.24, 2.45) is 11.8 Å².